The summed E-state index contributed by atoms with van der Waals surface area (Å²) in [6.07, 6.45) is 2.83. The molecule has 0 spiro atoms. The van der Waals surface area contributed by atoms with E-state index in [1.165, 1.54) is 6.07 Å². The minimum Gasteiger partial charge on any atom is -0.507 e. The van der Waals surface area contributed by atoms with E-state index in [-0.39, 0.29) is 29.6 Å². The van der Waals surface area contributed by atoms with Crippen LogP contribution in [0.4, 0.5) is 0 Å². The van der Waals surface area contributed by atoms with Crippen LogP contribution < -0.4 is 4.74 Å². The largest absolute Gasteiger partial charge is 0.507 e. The predicted molar refractivity (Wildman–Crippen MR) is 61.4 cm³/mol. The molecule has 0 aromatic heterocycles. The number of aldehydes is 1. The van der Waals surface area contributed by atoms with Crippen LogP contribution in [-0.4, -0.2) is 23.3 Å². The lowest BCUT2D eigenvalue weighted by molar-refractivity contribution is -0.108. The van der Waals surface area contributed by atoms with Crippen LogP contribution in [0, 0.1) is 0 Å². The minimum atomic E-state index is -0.184. The number of ether oxygens (including phenoxy) is 1. The average molecular weight is 234 g/mol. The number of fused-ring (bicyclic) bond motifs is 1. The van der Waals surface area contributed by atoms with Crippen molar-refractivity contribution >= 4 is 12.1 Å². The van der Waals surface area contributed by atoms with Gasteiger partial charge >= 0.3 is 0 Å². The number of hydrogen-bond donors (Lipinski definition) is 1. The molecule has 0 saturated heterocycles. The molecular formula is C13H14O4. The highest BCUT2D eigenvalue weighted by molar-refractivity contribution is 6.02. The van der Waals surface area contributed by atoms with E-state index in [2.05, 4.69) is 0 Å². The summed E-state index contributed by atoms with van der Waals surface area (Å²) in [5, 5.41) is 9.58. The van der Waals surface area contributed by atoms with Crippen molar-refractivity contribution in [3.63, 3.8) is 0 Å². The van der Waals surface area contributed by atoms with Gasteiger partial charge in [0.05, 0.1) is 0 Å². The summed E-state index contributed by atoms with van der Waals surface area (Å²) in [6.45, 7) is 0. The number of rotatable bonds is 4. The van der Waals surface area contributed by atoms with Gasteiger partial charge in [-0.3, -0.25) is 4.79 Å². The Morgan fingerprint density at radius 3 is 3.06 bits per heavy atom. The zero-order valence-electron chi connectivity index (χ0n) is 9.39. The summed E-state index contributed by atoms with van der Waals surface area (Å²) in [7, 11) is 0. The lowest BCUT2D eigenvalue weighted by atomic mass is 9.97. The number of unbranched alkanes of at least 4 members (excludes halogenated alkanes) is 1. The molecule has 1 unspecified atom stereocenters. The summed E-state index contributed by atoms with van der Waals surface area (Å²) < 4.78 is 5.63. The van der Waals surface area contributed by atoms with Crippen molar-refractivity contribution in [2.45, 2.75) is 31.8 Å². The second-order valence-electron chi connectivity index (χ2n) is 4.12. The van der Waals surface area contributed by atoms with E-state index in [0.29, 0.717) is 18.6 Å². The van der Waals surface area contributed by atoms with E-state index in [0.717, 1.165) is 12.7 Å². The molecule has 0 saturated carbocycles. The van der Waals surface area contributed by atoms with Gasteiger partial charge in [-0.25, -0.2) is 0 Å². The number of phenolic OH excluding ortho intramolecular Hbond substituents is 1. The number of Topliss-reactive ketones (excluding diaryl/α,β-unsaturated/α-hetero) is 1. The van der Waals surface area contributed by atoms with E-state index in [9.17, 15) is 14.7 Å². The predicted octanol–water partition coefficient (Wildman–Crippen LogP) is 2.10. The monoisotopic (exact) mass is 234 g/mol. The smallest absolute Gasteiger partial charge is 0.174 e. The number of ketones is 1. The molecular weight excluding hydrogens is 220 g/mol. The molecule has 1 N–H and O–H groups in total. The molecule has 0 aliphatic carbocycles. The highest BCUT2D eigenvalue weighted by Gasteiger charge is 2.28. The molecule has 1 aromatic rings. The van der Waals surface area contributed by atoms with Gasteiger partial charge in [0.2, 0.25) is 0 Å². The zero-order chi connectivity index (χ0) is 12.3. The molecule has 1 aliphatic rings. The quantitative estimate of drug-likeness (QED) is 0.640. The van der Waals surface area contributed by atoms with Crippen molar-refractivity contribution in [1.29, 1.82) is 0 Å². The van der Waals surface area contributed by atoms with Gasteiger partial charge in [0.1, 0.15) is 29.5 Å². The van der Waals surface area contributed by atoms with Crippen LogP contribution in [0.25, 0.3) is 0 Å². The summed E-state index contributed by atoms with van der Waals surface area (Å²) in [4.78, 5) is 22.1. The number of phenols is 1. The Balaban J connectivity index is 2.11. The van der Waals surface area contributed by atoms with Crippen molar-refractivity contribution in [3.8, 4) is 11.5 Å². The lowest BCUT2D eigenvalue weighted by Crippen LogP contribution is -2.26. The number of carbonyl (C=O) groups is 2. The van der Waals surface area contributed by atoms with Crippen LogP contribution in [0.15, 0.2) is 18.2 Å². The molecule has 0 bridgehead atoms. The fraction of sp³-hybridized carbons (Fsp3) is 0.385. The minimum absolute atomic E-state index is 0.0289. The molecule has 1 aliphatic heterocycles. The summed E-state index contributed by atoms with van der Waals surface area (Å²) in [5.41, 5.74) is 0.277. The van der Waals surface area contributed by atoms with Crippen molar-refractivity contribution in [1.82, 2.24) is 0 Å². The van der Waals surface area contributed by atoms with Gasteiger partial charge < -0.3 is 14.6 Å². The van der Waals surface area contributed by atoms with Gasteiger partial charge in [0, 0.05) is 12.8 Å². The molecule has 1 aromatic carbocycles. The standard InChI is InChI=1S/C13H14O4/c14-7-2-1-4-9-8-11(16)13-10(15)5-3-6-12(13)17-9/h3,5-7,9,15H,1-2,4,8H2. The van der Waals surface area contributed by atoms with Gasteiger partial charge in [0.15, 0.2) is 5.78 Å². The van der Waals surface area contributed by atoms with Crippen LogP contribution in [0.5, 0.6) is 11.5 Å². The first kappa shape index (κ1) is 11.6. The second-order valence-corrected chi connectivity index (χ2v) is 4.12. The third-order valence-electron chi connectivity index (χ3n) is 2.84. The molecule has 4 nitrogen and oxygen atoms in total. The van der Waals surface area contributed by atoms with Crippen molar-refractivity contribution < 1.29 is 19.4 Å². The fourth-order valence-electron chi connectivity index (χ4n) is 2.02. The number of hydrogen-bond acceptors (Lipinski definition) is 4. The van der Waals surface area contributed by atoms with Gasteiger partial charge in [-0.1, -0.05) is 6.07 Å². The van der Waals surface area contributed by atoms with Gasteiger partial charge in [-0.05, 0) is 25.0 Å². The van der Waals surface area contributed by atoms with Gasteiger partial charge in [-0.2, -0.15) is 0 Å². The third kappa shape index (κ3) is 2.46. The molecule has 2 rings (SSSR count). The zero-order valence-corrected chi connectivity index (χ0v) is 9.39. The third-order valence-corrected chi connectivity index (χ3v) is 2.84. The SMILES string of the molecule is O=CCCCC1CC(=O)c2c(O)cccc2O1. The number of carbonyl (C=O) groups excluding carboxylic acids is 2. The van der Waals surface area contributed by atoms with Crippen LogP contribution in [-0.2, 0) is 4.79 Å². The first-order valence-electron chi connectivity index (χ1n) is 5.68. The fourth-order valence-corrected chi connectivity index (χ4v) is 2.02. The van der Waals surface area contributed by atoms with E-state index >= 15 is 0 Å². The van der Waals surface area contributed by atoms with Gasteiger partial charge in [0.25, 0.3) is 0 Å². The Labute approximate surface area is 99.2 Å². The maximum Gasteiger partial charge on any atom is 0.174 e. The van der Waals surface area contributed by atoms with Crippen LogP contribution in [0.2, 0.25) is 0 Å². The van der Waals surface area contributed by atoms with Crippen LogP contribution in [0.3, 0.4) is 0 Å². The van der Waals surface area contributed by atoms with Crippen molar-refractivity contribution in [2.75, 3.05) is 0 Å². The summed E-state index contributed by atoms with van der Waals surface area (Å²) >= 11 is 0. The van der Waals surface area contributed by atoms with Crippen molar-refractivity contribution in [2.24, 2.45) is 0 Å². The molecule has 0 radical (unpaired) electrons. The molecule has 0 amide bonds. The van der Waals surface area contributed by atoms with E-state index in [1.54, 1.807) is 12.1 Å². The molecule has 4 heteroatoms. The van der Waals surface area contributed by atoms with E-state index < -0.39 is 0 Å². The Morgan fingerprint density at radius 1 is 1.47 bits per heavy atom. The van der Waals surface area contributed by atoms with Gasteiger partial charge in [-0.15, -0.1) is 0 Å². The first-order chi connectivity index (χ1) is 8.22. The lowest BCUT2D eigenvalue weighted by Gasteiger charge is -2.25. The highest BCUT2D eigenvalue weighted by atomic mass is 16.5. The average Bonchev–Trinajstić information content (AvgIpc) is 2.29. The Hall–Kier alpha value is -1.84. The topological polar surface area (TPSA) is 63.6 Å². The normalized spacial score (nSPS) is 18.4. The first-order valence-corrected chi connectivity index (χ1v) is 5.68. The molecule has 0 fully saturated rings. The Morgan fingerprint density at radius 2 is 2.29 bits per heavy atom. The summed E-state index contributed by atoms with van der Waals surface area (Å²) in [5.74, 6) is 0.316. The number of benzene rings is 1. The Kier molecular flexibility index (Phi) is 3.42. The molecule has 17 heavy (non-hydrogen) atoms. The van der Waals surface area contributed by atoms with Crippen molar-refractivity contribution in [3.05, 3.63) is 23.8 Å². The van der Waals surface area contributed by atoms with Crippen LogP contribution >= 0.6 is 0 Å². The molecule has 1 atom stereocenters. The van der Waals surface area contributed by atoms with Crippen LogP contribution in [0.1, 0.15) is 36.0 Å². The molecule has 1 heterocycles. The van der Waals surface area contributed by atoms with E-state index in [1.807, 2.05) is 0 Å². The maximum atomic E-state index is 11.8. The summed E-state index contributed by atoms with van der Waals surface area (Å²) in [6, 6.07) is 4.81. The maximum absolute atomic E-state index is 11.8. The highest BCUT2D eigenvalue weighted by Crippen LogP contribution is 2.34. The Bertz CT molecular complexity index is 439. The molecule has 90 valence electrons. The second kappa shape index (κ2) is 4.99. The van der Waals surface area contributed by atoms with E-state index in [4.69, 9.17) is 4.74 Å². The number of aromatic hydroxyl groups is 1.